The third kappa shape index (κ3) is 4.50. The Balaban J connectivity index is 1.24. The summed E-state index contributed by atoms with van der Waals surface area (Å²) in [5.41, 5.74) is 4.39. The van der Waals surface area contributed by atoms with Gasteiger partial charge >= 0.3 is 12.1 Å². The van der Waals surface area contributed by atoms with Crippen LogP contribution in [0.2, 0.25) is 0 Å². The standard InChI is InChI=1S/C27H30N2O6/c1-34-24-11-10-16-13-29(14-21(16)24)26(32)23(12-25(30)31)28-27(33)35-15-22-19-8-4-2-6-17(19)18-7-3-5-9-20(18)22/h2-9,16,21-24H,10-15H2,1H3,(H,28,33)(H,30,31)/t16-,21+,23?,24-/m1/s1. The van der Waals surface area contributed by atoms with Gasteiger partial charge in [-0.15, -0.1) is 0 Å². The van der Waals surface area contributed by atoms with E-state index >= 15 is 0 Å². The number of fused-ring (bicyclic) bond motifs is 4. The van der Waals surface area contributed by atoms with Crippen molar-refractivity contribution in [3.63, 3.8) is 0 Å². The Morgan fingerprint density at radius 3 is 2.31 bits per heavy atom. The number of benzene rings is 2. The first-order valence-electron chi connectivity index (χ1n) is 12.1. The lowest BCUT2D eigenvalue weighted by atomic mass is 9.98. The van der Waals surface area contributed by atoms with Gasteiger partial charge in [-0.2, -0.15) is 0 Å². The van der Waals surface area contributed by atoms with E-state index in [-0.39, 0.29) is 30.5 Å². The van der Waals surface area contributed by atoms with E-state index in [1.807, 2.05) is 36.4 Å². The van der Waals surface area contributed by atoms with Crippen LogP contribution in [0.5, 0.6) is 0 Å². The average molecular weight is 479 g/mol. The molecule has 0 bridgehead atoms. The molecular formula is C27H30N2O6. The number of carbonyl (C=O) groups is 3. The molecular weight excluding hydrogens is 448 g/mol. The van der Waals surface area contributed by atoms with Crippen LogP contribution in [0.15, 0.2) is 48.5 Å². The number of ether oxygens (including phenoxy) is 2. The van der Waals surface area contributed by atoms with Crippen molar-refractivity contribution in [3.8, 4) is 11.1 Å². The van der Waals surface area contributed by atoms with Crippen molar-refractivity contribution in [2.45, 2.75) is 37.3 Å². The van der Waals surface area contributed by atoms with Crippen LogP contribution in [0.25, 0.3) is 11.1 Å². The predicted octanol–water partition coefficient (Wildman–Crippen LogP) is 3.25. The molecule has 3 aliphatic rings. The molecule has 2 N–H and O–H groups in total. The summed E-state index contributed by atoms with van der Waals surface area (Å²) in [4.78, 5) is 39.0. The predicted molar refractivity (Wildman–Crippen MR) is 128 cm³/mol. The number of carboxylic acid groups (broad SMARTS) is 1. The molecule has 2 aliphatic carbocycles. The maximum Gasteiger partial charge on any atom is 0.407 e. The van der Waals surface area contributed by atoms with Gasteiger partial charge in [-0.1, -0.05) is 48.5 Å². The molecule has 2 fully saturated rings. The van der Waals surface area contributed by atoms with Crippen molar-refractivity contribution in [2.75, 3.05) is 26.8 Å². The molecule has 1 saturated carbocycles. The van der Waals surface area contributed by atoms with Crippen LogP contribution in [-0.2, 0) is 19.1 Å². The molecule has 1 saturated heterocycles. The summed E-state index contributed by atoms with van der Waals surface area (Å²) < 4.78 is 11.1. The van der Waals surface area contributed by atoms with Gasteiger partial charge in [-0.25, -0.2) is 4.79 Å². The molecule has 0 aromatic heterocycles. The molecule has 8 heteroatoms. The van der Waals surface area contributed by atoms with Gasteiger partial charge in [-0.05, 0) is 41.0 Å². The molecule has 1 aliphatic heterocycles. The number of likely N-dealkylation sites (tertiary alicyclic amines) is 1. The normalized spacial score (nSPS) is 23.3. The van der Waals surface area contributed by atoms with Crippen LogP contribution in [0.4, 0.5) is 4.79 Å². The fourth-order valence-corrected chi connectivity index (χ4v) is 6.07. The Morgan fingerprint density at radius 1 is 1.03 bits per heavy atom. The van der Waals surface area contributed by atoms with Gasteiger partial charge in [0.05, 0.1) is 12.5 Å². The highest BCUT2D eigenvalue weighted by Gasteiger charge is 2.45. The summed E-state index contributed by atoms with van der Waals surface area (Å²) in [5, 5.41) is 11.9. The number of nitrogens with one attached hydrogen (secondary N) is 1. The zero-order chi connectivity index (χ0) is 24.5. The highest BCUT2D eigenvalue weighted by molar-refractivity contribution is 5.89. The Morgan fingerprint density at radius 2 is 1.69 bits per heavy atom. The zero-order valence-corrected chi connectivity index (χ0v) is 19.7. The molecule has 0 radical (unpaired) electrons. The number of hydrogen-bond acceptors (Lipinski definition) is 5. The molecule has 184 valence electrons. The minimum absolute atomic E-state index is 0.0945. The molecule has 1 heterocycles. The second kappa shape index (κ2) is 9.70. The van der Waals surface area contributed by atoms with Crippen LogP contribution in [0, 0.1) is 11.8 Å². The van der Waals surface area contributed by atoms with Gasteiger partial charge in [-0.3, -0.25) is 9.59 Å². The topological polar surface area (TPSA) is 105 Å². The monoisotopic (exact) mass is 478 g/mol. The molecule has 2 aromatic rings. The van der Waals surface area contributed by atoms with E-state index in [9.17, 15) is 19.5 Å². The van der Waals surface area contributed by atoms with Crippen molar-refractivity contribution in [3.05, 3.63) is 59.7 Å². The van der Waals surface area contributed by atoms with Gasteiger partial charge in [0.15, 0.2) is 0 Å². The lowest BCUT2D eigenvalue weighted by molar-refractivity contribution is -0.142. The summed E-state index contributed by atoms with van der Waals surface area (Å²) in [6.45, 7) is 1.17. The Labute approximate surface area is 204 Å². The summed E-state index contributed by atoms with van der Waals surface area (Å²) in [7, 11) is 1.68. The molecule has 1 unspecified atom stereocenters. The first-order valence-corrected chi connectivity index (χ1v) is 12.1. The number of nitrogens with zero attached hydrogens (tertiary/aromatic N) is 1. The number of carboxylic acids is 1. The lowest BCUT2D eigenvalue weighted by Gasteiger charge is -2.25. The van der Waals surface area contributed by atoms with Gasteiger partial charge in [0, 0.05) is 32.0 Å². The van der Waals surface area contributed by atoms with Gasteiger partial charge < -0.3 is 24.8 Å². The summed E-state index contributed by atoms with van der Waals surface area (Å²) in [6.07, 6.45) is 0.787. The smallest absolute Gasteiger partial charge is 0.407 e. The summed E-state index contributed by atoms with van der Waals surface area (Å²) in [6, 6.07) is 14.8. The van der Waals surface area contributed by atoms with E-state index in [4.69, 9.17) is 9.47 Å². The first kappa shape index (κ1) is 23.4. The Bertz CT molecular complexity index is 1090. The van der Waals surface area contributed by atoms with Crippen molar-refractivity contribution >= 4 is 18.0 Å². The van der Waals surface area contributed by atoms with Crippen molar-refractivity contribution < 1.29 is 29.0 Å². The number of alkyl carbamates (subject to hydrolysis) is 1. The average Bonchev–Trinajstić information content (AvgIpc) is 3.53. The molecule has 0 spiro atoms. The maximum atomic E-state index is 13.2. The number of carbonyl (C=O) groups excluding carboxylic acids is 2. The number of rotatable bonds is 7. The van der Waals surface area contributed by atoms with Crippen LogP contribution in [0.3, 0.4) is 0 Å². The van der Waals surface area contributed by atoms with E-state index in [2.05, 4.69) is 17.4 Å². The summed E-state index contributed by atoms with van der Waals surface area (Å²) >= 11 is 0. The quantitative estimate of drug-likeness (QED) is 0.633. The second-order valence-corrected chi connectivity index (χ2v) is 9.64. The van der Waals surface area contributed by atoms with Crippen molar-refractivity contribution in [1.29, 1.82) is 0 Å². The van der Waals surface area contributed by atoms with E-state index in [0.717, 1.165) is 35.1 Å². The highest BCUT2D eigenvalue weighted by atomic mass is 16.5. The maximum absolute atomic E-state index is 13.2. The highest BCUT2D eigenvalue weighted by Crippen LogP contribution is 2.44. The van der Waals surface area contributed by atoms with Crippen molar-refractivity contribution in [2.24, 2.45) is 11.8 Å². The molecule has 2 aromatic carbocycles. The molecule has 8 nitrogen and oxygen atoms in total. The second-order valence-electron chi connectivity index (χ2n) is 9.64. The van der Waals surface area contributed by atoms with Gasteiger partial charge in [0.2, 0.25) is 5.91 Å². The largest absolute Gasteiger partial charge is 0.481 e. The van der Waals surface area contributed by atoms with Gasteiger partial charge in [0.1, 0.15) is 12.6 Å². The molecule has 5 rings (SSSR count). The van der Waals surface area contributed by atoms with Crippen LogP contribution < -0.4 is 5.32 Å². The molecule has 4 atom stereocenters. The fraction of sp³-hybridized carbons (Fsp3) is 0.444. The molecule has 35 heavy (non-hydrogen) atoms. The van der Waals surface area contributed by atoms with Crippen LogP contribution in [-0.4, -0.2) is 66.9 Å². The van der Waals surface area contributed by atoms with Crippen LogP contribution >= 0.6 is 0 Å². The SMILES string of the molecule is CO[C@@H]1CC[C@@H]2CN(C(=O)C(CC(=O)O)NC(=O)OCC3c4ccccc4-c4ccccc43)C[C@@H]21. The Kier molecular flexibility index (Phi) is 6.47. The lowest BCUT2D eigenvalue weighted by Crippen LogP contribution is -2.49. The summed E-state index contributed by atoms with van der Waals surface area (Å²) in [5.74, 6) is -1.06. The fourth-order valence-electron chi connectivity index (χ4n) is 6.07. The number of amides is 2. The minimum atomic E-state index is -1.18. The van der Waals surface area contributed by atoms with Crippen molar-refractivity contribution in [1.82, 2.24) is 10.2 Å². The van der Waals surface area contributed by atoms with E-state index in [0.29, 0.717) is 19.0 Å². The van der Waals surface area contributed by atoms with Gasteiger partial charge in [0.25, 0.3) is 0 Å². The minimum Gasteiger partial charge on any atom is -0.481 e. The third-order valence-electron chi connectivity index (χ3n) is 7.72. The first-order chi connectivity index (χ1) is 17.0. The number of methoxy groups -OCH3 is 1. The Hall–Kier alpha value is -3.39. The van der Waals surface area contributed by atoms with E-state index < -0.39 is 24.5 Å². The van der Waals surface area contributed by atoms with E-state index in [1.54, 1.807) is 12.0 Å². The van der Waals surface area contributed by atoms with Crippen LogP contribution in [0.1, 0.15) is 36.3 Å². The third-order valence-corrected chi connectivity index (χ3v) is 7.72. The molecule has 2 amide bonds. The number of hydrogen-bond donors (Lipinski definition) is 2. The number of aliphatic carboxylic acids is 1. The zero-order valence-electron chi connectivity index (χ0n) is 19.7. The van der Waals surface area contributed by atoms with E-state index in [1.165, 1.54) is 0 Å².